The van der Waals surface area contributed by atoms with Crippen LogP contribution < -0.4 is 10.4 Å². The van der Waals surface area contributed by atoms with Crippen LogP contribution in [-0.4, -0.2) is 44.6 Å². The molecule has 0 N–H and O–H groups in total. The van der Waals surface area contributed by atoms with Crippen LogP contribution in [0.1, 0.15) is 63.1 Å². The van der Waals surface area contributed by atoms with Crippen LogP contribution in [0.2, 0.25) is 5.04 Å². The lowest BCUT2D eigenvalue weighted by Crippen LogP contribution is -2.67. The molecule has 0 unspecified atom stereocenters. The van der Waals surface area contributed by atoms with Crippen LogP contribution in [0.4, 0.5) is 0 Å². The molecule has 0 spiro atoms. The van der Waals surface area contributed by atoms with E-state index >= 15 is 0 Å². The van der Waals surface area contributed by atoms with Gasteiger partial charge < -0.3 is 9.16 Å². The second kappa shape index (κ2) is 13.6. The number of ether oxygens (including phenoxy) is 1. The summed E-state index contributed by atoms with van der Waals surface area (Å²) in [6.45, 7) is 9.61. The quantitative estimate of drug-likeness (QED) is 0.106. The predicted molar refractivity (Wildman–Crippen MR) is 200 cm³/mol. The van der Waals surface area contributed by atoms with E-state index in [1.165, 1.54) is 16.8 Å². The standard InChI is InChI=1S/C44H49NO2Si/c1-42(2,3)48(40-26-15-7-16-27-40,41-28-17-8-18-29-41)47-34-39-30-32-43(31-19-33-45(39)43)35-46-44(36-20-9-4-10-21-36,37-22-11-5-12-23-37)38-24-13-6-14-25-38/h4-18,20-29,39H,19,30-35H2,1-3H3/t39-,43-/m0/s1. The van der Waals surface area contributed by atoms with Crippen molar-refractivity contribution in [2.45, 2.75) is 68.7 Å². The van der Waals surface area contributed by atoms with E-state index in [1.54, 1.807) is 0 Å². The molecule has 7 rings (SSSR count). The highest BCUT2D eigenvalue weighted by Crippen LogP contribution is 2.47. The Morgan fingerprint density at radius 3 is 1.50 bits per heavy atom. The molecule has 3 nitrogen and oxygen atoms in total. The first-order valence-electron chi connectivity index (χ1n) is 17.7. The van der Waals surface area contributed by atoms with Crippen molar-refractivity contribution < 1.29 is 9.16 Å². The van der Waals surface area contributed by atoms with Crippen molar-refractivity contribution in [1.82, 2.24) is 4.90 Å². The summed E-state index contributed by atoms with van der Waals surface area (Å²) in [6, 6.07) is 54.9. The molecule has 0 amide bonds. The zero-order chi connectivity index (χ0) is 33.1. The van der Waals surface area contributed by atoms with Gasteiger partial charge in [0.25, 0.3) is 8.32 Å². The van der Waals surface area contributed by atoms with Gasteiger partial charge in [0.1, 0.15) is 5.60 Å². The van der Waals surface area contributed by atoms with Crippen molar-refractivity contribution in [2.75, 3.05) is 19.8 Å². The maximum absolute atomic E-state index is 7.51. The molecule has 0 aliphatic carbocycles. The summed E-state index contributed by atoms with van der Waals surface area (Å²) >= 11 is 0. The smallest absolute Gasteiger partial charge is 0.261 e. The first-order chi connectivity index (χ1) is 23.4. The fourth-order valence-electron chi connectivity index (χ4n) is 8.78. The summed E-state index contributed by atoms with van der Waals surface area (Å²) < 4.78 is 15.0. The number of nitrogens with zero attached hydrogens (tertiary/aromatic N) is 1. The molecule has 5 aromatic rings. The molecular weight excluding hydrogens is 603 g/mol. The van der Waals surface area contributed by atoms with Crippen LogP contribution in [0.15, 0.2) is 152 Å². The van der Waals surface area contributed by atoms with E-state index in [-0.39, 0.29) is 10.6 Å². The van der Waals surface area contributed by atoms with Crippen LogP contribution >= 0.6 is 0 Å². The zero-order valence-corrected chi connectivity index (χ0v) is 29.7. The van der Waals surface area contributed by atoms with E-state index in [9.17, 15) is 0 Å². The highest BCUT2D eigenvalue weighted by atomic mass is 28.4. The van der Waals surface area contributed by atoms with Gasteiger partial charge in [-0.05, 0) is 64.3 Å². The lowest BCUT2D eigenvalue weighted by atomic mass is 9.79. The minimum absolute atomic E-state index is 0.0109. The van der Waals surface area contributed by atoms with E-state index in [4.69, 9.17) is 9.16 Å². The Morgan fingerprint density at radius 2 is 1.06 bits per heavy atom. The molecule has 5 aromatic carbocycles. The van der Waals surface area contributed by atoms with E-state index in [0.29, 0.717) is 12.6 Å². The Hall–Kier alpha value is -3.80. The van der Waals surface area contributed by atoms with Crippen LogP contribution in [-0.2, 0) is 14.8 Å². The van der Waals surface area contributed by atoms with Crippen molar-refractivity contribution in [1.29, 1.82) is 0 Å². The van der Waals surface area contributed by atoms with Crippen LogP contribution in [0.3, 0.4) is 0 Å². The third kappa shape index (κ3) is 5.79. The van der Waals surface area contributed by atoms with Crippen LogP contribution in [0, 0.1) is 0 Å². The fourth-order valence-corrected chi connectivity index (χ4v) is 13.4. The Morgan fingerprint density at radius 1 is 0.625 bits per heavy atom. The SMILES string of the molecule is CC(C)(C)[Si](OC[C@@H]1CC[C@]2(COC(c3ccccc3)(c3ccccc3)c3ccccc3)CCCN12)(c1ccccc1)c1ccccc1. The Kier molecular flexibility index (Phi) is 9.28. The maximum atomic E-state index is 7.51. The predicted octanol–water partition coefficient (Wildman–Crippen LogP) is 8.57. The summed E-state index contributed by atoms with van der Waals surface area (Å²) in [4.78, 5) is 2.77. The minimum Gasteiger partial charge on any atom is -0.406 e. The molecule has 2 atom stereocenters. The molecule has 0 bridgehead atoms. The van der Waals surface area contributed by atoms with E-state index in [0.717, 1.165) is 49.1 Å². The van der Waals surface area contributed by atoms with Gasteiger partial charge in [0.15, 0.2) is 0 Å². The summed E-state index contributed by atoms with van der Waals surface area (Å²) in [5, 5.41) is 2.65. The van der Waals surface area contributed by atoms with Gasteiger partial charge in [0.05, 0.1) is 13.2 Å². The number of hydrogen-bond acceptors (Lipinski definition) is 3. The zero-order valence-electron chi connectivity index (χ0n) is 28.7. The van der Waals surface area contributed by atoms with Crippen molar-refractivity contribution in [3.8, 4) is 0 Å². The van der Waals surface area contributed by atoms with E-state index in [2.05, 4.69) is 177 Å². The topological polar surface area (TPSA) is 21.7 Å². The Labute approximate surface area is 288 Å². The molecule has 2 aliphatic heterocycles. The molecule has 4 heteroatoms. The van der Waals surface area contributed by atoms with Gasteiger partial charge in [0, 0.05) is 11.6 Å². The Balaban J connectivity index is 1.21. The molecule has 2 heterocycles. The molecule has 0 radical (unpaired) electrons. The van der Waals surface area contributed by atoms with E-state index in [1.807, 2.05) is 0 Å². The number of fused-ring (bicyclic) bond motifs is 1. The average molecular weight is 652 g/mol. The highest BCUT2D eigenvalue weighted by molar-refractivity contribution is 6.99. The number of rotatable bonds is 11. The molecule has 2 fully saturated rings. The van der Waals surface area contributed by atoms with Gasteiger partial charge in [-0.2, -0.15) is 0 Å². The normalized spacial score (nSPS) is 20.1. The third-order valence-corrected chi connectivity index (χ3v) is 16.0. The first-order valence-corrected chi connectivity index (χ1v) is 19.6. The largest absolute Gasteiger partial charge is 0.406 e. The van der Waals surface area contributed by atoms with Gasteiger partial charge in [-0.25, -0.2) is 0 Å². The molecular formula is C44H49NO2Si. The number of hydrogen-bond donors (Lipinski definition) is 0. The van der Waals surface area contributed by atoms with Gasteiger partial charge in [-0.15, -0.1) is 0 Å². The van der Waals surface area contributed by atoms with Gasteiger partial charge in [-0.3, -0.25) is 4.90 Å². The van der Waals surface area contributed by atoms with Crippen LogP contribution in [0.5, 0.6) is 0 Å². The lowest BCUT2D eigenvalue weighted by Gasteiger charge is -2.45. The fraction of sp³-hybridized carbons (Fsp3) is 0.318. The van der Waals surface area contributed by atoms with Crippen molar-refractivity contribution in [3.05, 3.63) is 168 Å². The average Bonchev–Trinajstić information content (AvgIpc) is 3.70. The summed E-state index contributed by atoms with van der Waals surface area (Å²) in [5.74, 6) is 0. The van der Waals surface area contributed by atoms with Crippen molar-refractivity contribution in [2.24, 2.45) is 0 Å². The highest BCUT2D eigenvalue weighted by Gasteiger charge is 2.54. The van der Waals surface area contributed by atoms with Gasteiger partial charge >= 0.3 is 0 Å². The van der Waals surface area contributed by atoms with Gasteiger partial charge in [-0.1, -0.05) is 172 Å². The summed E-state index contributed by atoms with van der Waals surface area (Å²) in [5.41, 5.74) is 2.76. The molecule has 0 aromatic heterocycles. The molecule has 246 valence electrons. The van der Waals surface area contributed by atoms with Crippen molar-refractivity contribution in [3.63, 3.8) is 0 Å². The second-order valence-electron chi connectivity index (χ2n) is 14.8. The number of benzene rings is 5. The molecule has 0 saturated carbocycles. The molecule has 48 heavy (non-hydrogen) atoms. The molecule has 2 saturated heterocycles. The second-order valence-corrected chi connectivity index (χ2v) is 19.1. The van der Waals surface area contributed by atoms with Crippen LogP contribution in [0.25, 0.3) is 0 Å². The van der Waals surface area contributed by atoms with Gasteiger partial charge in [0.2, 0.25) is 0 Å². The maximum Gasteiger partial charge on any atom is 0.261 e. The Bertz CT molecular complexity index is 1610. The summed E-state index contributed by atoms with van der Waals surface area (Å²) in [7, 11) is -2.62. The molecule has 2 aliphatic rings. The van der Waals surface area contributed by atoms with E-state index < -0.39 is 13.9 Å². The first kappa shape index (κ1) is 32.7. The third-order valence-electron chi connectivity index (χ3n) is 11.0. The summed E-state index contributed by atoms with van der Waals surface area (Å²) in [6.07, 6.45) is 4.58. The monoisotopic (exact) mass is 651 g/mol. The van der Waals surface area contributed by atoms with Crippen molar-refractivity contribution >= 4 is 18.7 Å². The lowest BCUT2D eigenvalue weighted by molar-refractivity contribution is -0.0488. The minimum atomic E-state index is -2.62.